The van der Waals surface area contributed by atoms with Crippen LogP contribution in [0.5, 0.6) is 5.75 Å². The fourth-order valence-corrected chi connectivity index (χ4v) is 4.63. The maximum atomic E-state index is 12.7. The molecule has 30 heavy (non-hydrogen) atoms. The van der Waals surface area contributed by atoms with Crippen molar-refractivity contribution in [2.45, 2.75) is 23.7 Å². The standard InChI is InChI=1S/C20H23N5O4S/c1-29-16-7-9-17(10-8-16)30(27,28)21-13-19(26)24-11-4-5-15(14-24)20-23-22-18-6-2-3-12-25(18)20/h2-3,6-10,12,15,21H,4-5,11,13-14H2,1H3/t15-/m0/s1. The number of carbonyl (C=O) groups is 1. The molecule has 1 aromatic carbocycles. The Morgan fingerprint density at radius 2 is 2.00 bits per heavy atom. The highest BCUT2D eigenvalue weighted by atomic mass is 32.2. The Bertz CT molecular complexity index is 1140. The lowest BCUT2D eigenvalue weighted by Gasteiger charge is -2.32. The van der Waals surface area contributed by atoms with E-state index in [1.54, 1.807) is 17.0 Å². The Hall–Kier alpha value is -2.98. The van der Waals surface area contributed by atoms with Crippen molar-refractivity contribution in [3.05, 3.63) is 54.5 Å². The zero-order valence-electron chi connectivity index (χ0n) is 16.6. The minimum absolute atomic E-state index is 0.0540. The number of benzene rings is 1. The molecule has 0 unspecified atom stereocenters. The van der Waals surface area contributed by atoms with Gasteiger partial charge in [0.25, 0.3) is 0 Å². The Morgan fingerprint density at radius 3 is 2.77 bits per heavy atom. The van der Waals surface area contributed by atoms with Crippen molar-refractivity contribution in [1.29, 1.82) is 0 Å². The first-order chi connectivity index (χ1) is 14.5. The molecule has 1 atom stereocenters. The molecule has 1 amide bonds. The number of sulfonamides is 1. The molecule has 1 saturated heterocycles. The van der Waals surface area contributed by atoms with Crippen LogP contribution in [0.1, 0.15) is 24.6 Å². The molecule has 0 radical (unpaired) electrons. The van der Waals surface area contributed by atoms with Gasteiger partial charge < -0.3 is 9.64 Å². The second-order valence-corrected chi connectivity index (χ2v) is 8.93. The monoisotopic (exact) mass is 429 g/mol. The topological polar surface area (TPSA) is 106 Å². The van der Waals surface area contributed by atoms with Crippen LogP contribution in [-0.2, 0) is 14.8 Å². The summed E-state index contributed by atoms with van der Waals surface area (Å²) < 4.78 is 34.3. The van der Waals surface area contributed by atoms with Crippen molar-refractivity contribution < 1.29 is 17.9 Å². The number of hydrogen-bond acceptors (Lipinski definition) is 6. The smallest absolute Gasteiger partial charge is 0.241 e. The highest BCUT2D eigenvalue weighted by Gasteiger charge is 2.28. The maximum Gasteiger partial charge on any atom is 0.241 e. The highest BCUT2D eigenvalue weighted by Crippen LogP contribution is 2.26. The Kier molecular flexibility index (Phi) is 5.69. The van der Waals surface area contributed by atoms with Crippen molar-refractivity contribution >= 4 is 21.6 Å². The number of rotatable bonds is 6. The molecular weight excluding hydrogens is 406 g/mol. The van der Waals surface area contributed by atoms with E-state index >= 15 is 0 Å². The molecule has 1 N–H and O–H groups in total. The van der Waals surface area contributed by atoms with Crippen LogP contribution in [0.4, 0.5) is 0 Å². The van der Waals surface area contributed by atoms with E-state index in [0.29, 0.717) is 18.8 Å². The molecule has 1 aliphatic heterocycles. The number of methoxy groups -OCH3 is 1. The van der Waals surface area contributed by atoms with E-state index in [9.17, 15) is 13.2 Å². The number of likely N-dealkylation sites (tertiary alicyclic amines) is 1. The van der Waals surface area contributed by atoms with E-state index in [2.05, 4.69) is 14.9 Å². The fourth-order valence-electron chi connectivity index (χ4n) is 3.66. The van der Waals surface area contributed by atoms with Gasteiger partial charge in [0, 0.05) is 25.2 Å². The van der Waals surface area contributed by atoms with Crippen molar-refractivity contribution in [2.75, 3.05) is 26.7 Å². The number of ether oxygens (including phenoxy) is 1. The predicted molar refractivity (Wildman–Crippen MR) is 110 cm³/mol. The Labute approximate surface area is 174 Å². The van der Waals surface area contributed by atoms with Gasteiger partial charge in [-0.2, -0.15) is 0 Å². The van der Waals surface area contributed by atoms with E-state index in [1.165, 1.54) is 19.2 Å². The van der Waals surface area contributed by atoms with Crippen LogP contribution in [0.2, 0.25) is 0 Å². The fraction of sp³-hybridized carbons (Fsp3) is 0.350. The number of fused-ring (bicyclic) bond motifs is 1. The van der Waals surface area contributed by atoms with E-state index < -0.39 is 10.0 Å². The third-order valence-electron chi connectivity index (χ3n) is 5.26. The van der Waals surface area contributed by atoms with E-state index in [0.717, 1.165) is 24.3 Å². The number of amides is 1. The van der Waals surface area contributed by atoms with Gasteiger partial charge in [0.15, 0.2) is 5.65 Å². The van der Waals surface area contributed by atoms with Crippen molar-refractivity contribution in [3.63, 3.8) is 0 Å². The van der Waals surface area contributed by atoms with E-state index in [-0.39, 0.29) is 23.3 Å². The van der Waals surface area contributed by atoms with Crippen LogP contribution < -0.4 is 9.46 Å². The summed E-state index contributed by atoms with van der Waals surface area (Å²) in [6.07, 6.45) is 3.63. The van der Waals surface area contributed by atoms with Crippen LogP contribution >= 0.6 is 0 Å². The minimum atomic E-state index is -3.78. The van der Waals surface area contributed by atoms with Gasteiger partial charge in [0.2, 0.25) is 15.9 Å². The largest absolute Gasteiger partial charge is 0.497 e. The summed E-state index contributed by atoms with van der Waals surface area (Å²) in [6.45, 7) is 0.788. The summed E-state index contributed by atoms with van der Waals surface area (Å²) >= 11 is 0. The molecule has 3 aromatic rings. The SMILES string of the molecule is COc1ccc(S(=O)(=O)NCC(=O)N2CCC[C@H](c3nnc4ccccn34)C2)cc1. The minimum Gasteiger partial charge on any atom is -0.497 e. The highest BCUT2D eigenvalue weighted by molar-refractivity contribution is 7.89. The average molecular weight is 430 g/mol. The van der Waals surface area contributed by atoms with E-state index in [1.807, 2.05) is 28.8 Å². The number of pyridine rings is 1. The third kappa shape index (κ3) is 4.14. The van der Waals surface area contributed by atoms with Crippen LogP contribution in [-0.4, -0.2) is 60.6 Å². The maximum absolute atomic E-state index is 12.7. The lowest BCUT2D eigenvalue weighted by molar-refractivity contribution is -0.131. The summed E-state index contributed by atoms with van der Waals surface area (Å²) in [5.41, 5.74) is 0.767. The third-order valence-corrected chi connectivity index (χ3v) is 6.68. The molecular formula is C20H23N5O4S. The normalized spacial score (nSPS) is 17.2. The van der Waals surface area contributed by atoms with Crippen LogP contribution in [0, 0.1) is 0 Å². The molecule has 2 aromatic heterocycles. The number of aromatic nitrogens is 3. The van der Waals surface area contributed by atoms with Gasteiger partial charge in [-0.3, -0.25) is 9.20 Å². The number of carbonyl (C=O) groups excluding carboxylic acids is 1. The Balaban J connectivity index is 1.40. The van der Waals surface area contributed by atoms with Crippen LogP contribution in [0.15, 0.2) is 53.6 Å². The summed E-state index contributed by atoms with van der Waals surface area (Å²) in [4.78, 5) is 14.5. The molecule has 0 saturated carbocycles. The van der Waals surface area contributed by atoms with Gasteiger partial charge in [-0.15, -0.1) is 10.2 Å². The molecule has 0 bridgehead atoms. The van der Waals surface area contributed by atoms with Crippen LogP contribution in [0.3, 0.4) is 0 Å². The molecule has 10 heteroatoms. The Morgan fingerprint density at radius 1 is 1.20 bits per heavy atom. The molecule has 3 heterocycles. The first-order valence-corrected chi connectivity index (χ1v) is 11.2. The summed E-state index contributed by atoms with van der Waals surface area (Å²) in [5.74, 6) is 1.18. The van der Waals surface area contributed by atoms with Gasteiger partial charge in [-0.1, -0.05) is 6.07 Å². The first-order valence-electron chi connectivity index (χ1n) is 9.69. The lowest BCUT2D eigenvalue weighted by Crippen LogP contribution is -2.44. The van der Waals surface area contributed by atoms with Gasteiger partial charge in [0.05, 0.1) is 18.6 Å². The first kappa shape index (κ1) is 20.3. The summed E-state index contributed by atoms with van der Waals surface area (Å²) in [6, 6.07) is 11.7. The number of nitrogens with zero attached hydrogens (tertiary/aromatic N) is 4. The van der Waals surface area contributed by atoms with Gasteiger partial charge >= 0.3 is 0 Å². The van der Waals surface area contributed by atoms with Gasteiger partial charge in [0.1, 0.15) is 11.6 Å². The molecule has 0 aliphatic carbocycles. The molecule has 1 fully saturated rings. The van der Waals surface area contributed by atoms with Gasteiger partial charge in [-0.05, 0) is 49.2 Å². The molecule has 0 spiro atoms. The second-order valence-electron chi connectivity index (χ2n) is 7.17. The molecule has 158 valence electrons. The molecule has 1 aliphatic rings. The van der Waals surface area contributed by atoms with Crippen molar-refractivity contribution in [1.82, 2.24) is 24.2 Å². The summed E-state index contributed by atoms with van der Waals surface area (Å²) in [5, 5.41) is 8.49. The zero-order chi connectivity index (χ0) is 21.1. The van der Waals surface area contributed by atoms with Gasteiger partial charge in [-0.25, -0.2) is 13.1 Å². The zero-order valence-corrected chi connectivity index (χ0v) is 17.4. The molecule has 4 rings (SSSR count). The average Bonchev–Trinajstić information content (AvgIpc) is 3.22. The second kappa shape index (κ2) is 8.41. The number of nitrogens with one attached hydrogen (secondary N) is 1. The number of piperidine rings is 1. The lowest BCUT2D eigenvalue weighted by atomic mass is 9.97. The molecule has 9 nitrogen and oxygen atoms in total. The van der Waals surface area contributed by atoms with Crippen molar-refractivity contribution in [3.8, 4) is 5.75 Å². The van der Waals surface area contributed by atoms with Crippen LogP contribution in [0.25, 0.3) is 5.65 Å². The summed E-state index contributed by atoms with van der Waals surface area (Å²) in [7, 11) is -2.28. The number of hydrogen-bond donors (Lipinski definition) is 1. The van der Waals surface area contributed by atoms with E-state index in [4.69, 9.17) is 4.74 Å². The van der Waals surface area contributed by atoms with Crippen molar-refractivity contribution in [2.24, 2.45) is 0 Å². The predicted octanol–water partition coefficient (Wildman–Crippen LogP) is 1.42. The quantitative estimate of drug-likeness (QED) is 0.635.